The normalized spacial score (nSPS) is 10.3. The molecule has 3 aromatic rings. The molecule has 0 aliphatic rings. The van der Waals surface area contributed by atoms with Crippen molar-refractivity contribution in [3.8, 4) is 0 Å². The SMILES string of the molecule is Cc1ccccc1NC(=O)c1ccc(NC(=O)CSc2ncn[nH]2)cc1. The first kappa shape index (κ1) is 17.7. The van der Waals surface area contributed by atoms with Crippen LogP contribution in [0.4, 0.5) is 11.4 Å². The van der Waals surface area contributed by atoms with Crippen LogP contribution in [0.15, 0.2) is 60.0 Å². The molecule has 7 nitrogen and oxygen atoms in total. The molecule has 0 spiro atoms. The fraction of sp³-hybridized carbons (Fsp3) is 0.111. The number of amides is 2. The van der Waals surface area contributed by atoms with E-state index in [4.69, 9.17) is 0 Å². The average molecular weight is 367 g/mol. The molecule has 132 valence electrons. The summed E-state index contributed by atoms with van der Waals surface area (Å²) in [6.45, 7) is 1.94. The lowest BCUT2D eigenvalue weighted by atomic mass is 10.1. The summed E-state index contributed by atoms with van der Waals surface area (Å²) in [7, 11) is 0. The second-order valence-electron chi connectivity index (χ2n) is 5.47. The lowest BCUT2D eigenvalue weighted by Gasteiger charge is -2.09. The van der Waals surface area contributed by atoms with Gasteiger partial charge in [-0.05, 0) is 42.8 Å². The zero-order valence-electron chi connectivity index (χ0n) is 14.0. The third-order valence-electron chi connectivity index (χ3n) is 3.56. The van der Waals surface area contributed by atoms with Crippen molar-refractivity contribution >= 4 is 35.0 Å². The van der Waals surface area contributed by atoms with E-state index < -0.39 is 0 Å². The molecule has 3 rings (SSSR count). The molecule has 0 saturated heterocycles. The van der Waals surface area contributed by atoms with Gasteiger partial charge in [0, 0.05) is 16.9 Å². The number of hydrogen-bond donors (Lipinski definition) is 3. The minimum absolute atomic E-state index is 0.163. The second-order valence-corrected chi connectivity index (χ2v) is 6.44. The Kier molecular flexibility index (Phi) is 5.65. The van der Waals surface area contributed by atoms with Crippen LogP contribution in [0.5, 0.6) is 0 Å². The Morgan fingerprint density at radius 1 is 1.08 bits per heavy atom. The van der Waals surface area contributed by atoms with E-state index in [0.29, 0.717) is 16.4 Å². The Labute approximate surface area is 154 Å². The summed E-state index contributed by atoms with van der Waals surface area (Å²) in [4.78, 5) is 28.2. The highest BCUT2D eigenvalue weighted by Crippen LogP contribution is 2.17. The van der Waals surface area contributed by atoms with Crippen molar-refractivity contribution in [2.75, 3.05) is 16.4 Å². The molecule has 2 aromatic carbocycles. The summed E-state index contributed by atoms with van der Waals surface area (Å²) >= 11 is 1.26. The fourth-order valence-electron chi connectivity index (χ4n) is 2.21. The Bertz CT molecular complexity index is 894. The molecule has 3 N–H and O–H groups in total. The van der Waals surface area contributed by atoms with E-state index in [2.05, 4.69) is 25.8 Å². The van der Waals surface area contributed by atoms with E-state index in [9.17, 15) is 9.59 Å². The first-order chi connectivity index (χ1) is 12.6. The van der Waals surface area contributed by atoms with Gasteiger partial charge < -0.3 is 10.6 Å². The van der Waals surface area contributed by atoms with E-state index >= 15 is 0 Å². The number of aryl methyl sites for hydroxylation is 1. The highest BCUT2D eigenvalue weighted by molar-refractivity contribution is 7.99. The quantitative estimate of drug-likeness (QED) is 0.581. The molecule has 0 bridgehead atoms. The van der Waals surface area contributed by atoms with E-state index in [1.54, 1.807) is 24.3 Å². The summed E-state index contributed by atoms with van der Waals surface area (Å²) in [5.74, 6) is -0.147. The van der Waals surface area contributed by atoms with E-state index in [-0.39, 0.29) is 17.6 Å². The Morgan fingerprint density at radius 2 is 1.85 bits per heavy atom. The van der Waals surface area contributed by atoms with Crippen LogP contribution >= 0.6 is 11.8 Å². The molecule has 0 unspecified atom stereocenters. The van der Waals surface area contributed by atoms with Gasteiger partial charge in [0.05, 0.1) is 5.75 Å². The molecule has 8 heteroatoms. The lowest BCUT2D eigenvalue weighted by Crippen LogP contribution is -2.15. The minimum Gasteiger partial charge on any atom is -0.325 e. The molecule has 0 atom stereocenters. The van der Waals surface area contributed by atoms with E-state index in [0.717, 1.165) is 11.3 Å². The van der Waals surface area contributed by atoms with Gasteiger partial charge in [0.25, 0.3) is 5.91 Å². The number of benzene rings is 2. The van der Waals surface area contributed by atoms with Crippen molar-refractivity contribution in [2.45, 2.75) is 12.1 Å². The van der Waals surface area contributed by atoms with E-state index in [1.165, 1.54) is 18.1 Å². The number of aromatic amines is 1. The van der Waals surface area contributed by atoms with E-state index in [1.807, 2.05) is 31.2 Å². The van der Waals surface area contributed by atoms with Gasteiger partial charge in [-0.3, -0.25) is 14.7 Å². The first-order valence-electron chi connectivity index (χ1n) is 7.87. The molecule has 0 aliphatic carbocycles. The predicted molar refractivity (Wildman–Crippen MR) is 101 cm³/mol. The predicted octanol–water partition coefficient (Wildman–Crippen LogP) is 3.10. The number of nitrogens with zero attached hydrogens (tertiary/aromatic N) is 2. The maximum atomic E-state index is 12.3. The van der Waals surface area contributed by atoms with Gasteiger partial charge in [0.2, 0.25) is 5.91 Å². The van der Waals surface area contributed by atoms with Crippen LogP contribution in [0.3, 0.4) is 0 Å². The third kappa shape index (κ3) is 4.70. The topological polar surface area (TPSA) is 99.8 Å². The van der Waals surface area contributed by atoms with Crippen molar-refractivity contribution < 1.29 is 9.59 Å². The average Bonchev–Trinajstić information content (AvgIpc) is 3.16. The Balaban J connectivity index is 1.55. The highest BCUT2D eigenvalue weighted by atomic mass is 32.2. The van der Waals surface area contributed by atoms with Crippen LogP contribution in [-0.4, -0.2) is 32.7 Å². The Hall–Kier alpha value is -3.13. The van der Waals surface area contributed by atoms with Gasteiger partial charge >= 0.3 is 0 Å². The number of carbonyl (C=O) groups excluding carboxylic acids is 2. The summed E-state index contributed by atoms with van der Waals surface area (Å²) in [5, 5.41) is 12.6. The zero-order valence-corrected chi connectivity index (χ0v) is 14.8. The molecule has 0 radical (unpaired) electrons. The molecular weight excluding hydrogens is 350 g/mol. The molecule has 26 heavy (non-hydrogen) atoms. The highest BCUT2D eigenvalue weighted by Gasteiger charge is 2.09. The minimum atomic E-state index is -0.196. The Morgan fingerprint density at radius 3 is 2.54 bits per heavy atom. The largest absolute Gasteiger partial charge is 0.325 e. The van der Waals surface area contributed by atoms with Crippen LogP contribution in [0.25, 0.3) is 0 Å². The summed E-state index contributed by atoms with van der Waals surface area (Å²) in [6, 6.07) is 14.3. The number of anilines is 2. The van der Waals surface area contributed by atoms with Crippen LogP contribution in [0.1, 0.15) is 15.9 Å². The number of hydrogen-bond acceptors (Lipinski definition) is 5. The number of aromatic nitrogens is 3. The molecule has 0 saturated carbocycles. The standard InChI is InChI=1S/C18H17N5O2S/c1-12-4-2-3-5-15(12)22-17(25)13-6-8-14(9-7-13)21-16(24)10-26-18-19-11-20-23-18/h2-9,11H,10H2,1H3,(H,21,24)(H,22,25)(H,19,20,23). The number of rotatable bonds is 6. The van der Waals surface area contributed by atoms with Crippen molar-refractivity contribution in [1.82, 2.24) is 15.2 Å². The summed E-state index contributed by atoms with van der Waals surface area (Å²) in [5.41, 5.74) is 2.91. The monoisotopic (exact) mass is 367 g/mol. The molecule has 1 heterocycles. The molecule has 0 fully saturated rings. The van der Waals surface area contributed by atoms with Gasteiger partial charge in [-0.2, -0.15) is 5.10 Å². The van der Waals surface area contributed by atoms with Gasteiger partial charge in [-0.1, -0.05) is 30.0 Å². The molecule has 0 aliphatic heterocycles. The fourth-order valence-corrected chi connectivity index (χ4v) is 2.79. The number of carbonyl (C=O) groups is 2. The maximum Gasteiger partial charge on any atom is 0.255 e. The van der Waals surface area contributed by atoms with Crippen LogP contribution in [0.2, 0.25) is 0 Å². The number of nitrogens with one attached hydrogen (secondary N) is 3. The van der Waals surface area contributed by atoms with Crippen molar-refractivity contribution in [1.29, 1.82) is 0 Å². The van der Waals surface area contributed by atoms with Crippen molar-refractivity contribution in [3.63, 3.8) is 0 Å². The van der Waals surface area contributed by atoms with Crippen molar-refractivity contribution in [3.05, 3.63) is 66.0 Å². The number of para-hydroxylation sites is 1. The van der Waals surface area contributed by atoms with Gasteiger partial charge in [-0.25, -0.2) is 4.98 Å². The van der Waals surface area contributed by atoms with Crippen molar-refractivity contribution in [2.24, 2.45) is 0 Å². The maximum absolute atomic E-state index is 12.3. The lowest BCUT2D eigenvalue weighted by molar-refractivity contribution is -0.113. The van der Waals surface area contributed by atoms with Crippen LogP contribution in [0, 0.1) is 6.92 Å². The van der Waals surface area contributed by atoms with Gasteiger partial charge in [0.15, 0.2) is 5.16 Å². The molecule has 2 amide bonds. The van der Waals surface area contributed by atoms with Crippen LogP contribution < -0.4 is 10.6 Å². The summed E-state index contributed by atoms with van der Waals surface area (Å²) in [6.07, 6.45) is 1.39. The third-order valence-corrected chi connectivity index (χ3v) is 4.43. The molecule has 1 aromatic heterocycles. The number of thioether (sulfide) groups is 1. The zero-order chi connectivity index (χ0) is 18.4. The first-order valence-corrected chi connectivity index (χ1v) is 8.85. The second kappa shape index (κ2) is 8.30. The van der Waals surface area contributed by atoms with Gasteiger partial charge in [0.1, 0.15) is 6.33 Å². The summed E-state index contributed by atoms with van der Waals surface area (Å²) < 4.78 is 0. The number of H-pyrrole nitrogens is 1. The molecular formula is C18H17N5O2S. The van der Waals surface area contributed by atoms with Gasteiger partial charge in [-0.15, -0.1) is 0 Å². The van der Waals surface area contributed by atoms with Crippen LogP contribution in [-0.2, 0) is 4.79 Å². The smallest absolute Gasteiger partial charge is 0.255 e.